The molecule has 2 aromatic rings. The van der Waals surface area contributed by atoms with Crippen molar-refractivity contribution in [2.75, 3.05) is 21.3 Å². The summed E-state index contributed by atoms with van der Waals surface area (Å²) in [6.45, 7) is 9.63. The standard InChI is InChI=1S/C39H49F3O7/c1-26(2)15-12-18-29(35(43)46-7)19-13-16-27(3)17-14-22-37(5)33(25-30-24-32(45-6)23-28(4)34(30)49-37)48-36(44)38(47-8,39(40,41)42)31-20-10-9-11-21-31/h9-11,15,17,19-21,23-24,33H,12-14,16,18,22,25H2,1-8H3/b27-17+,29-19+/t33-,37-,38-/m0/s1. The van der Waals surface area contributed by atoms with Crippen molar-refractivity contribution >= 4 is 11.9 Å². The van der Waals surface area contributed by atoms with Crippen molar-refractivity contribution in [2.45, 2.75) is 103 Å². The van der Waals surface area contributed by atoms with Crippen molar-refractivity contribution in [1.29, 1.82) is 0 Å². The second-order valence-electron chi connectivity index (χ2n) is 12.9. The van der Waals surface area contributed by atoms with Crippen LogP contribution in [0.3, 0.4) is 0 Å². The Morgan fingerprint density at radius 3 is 2.22 bits per heavy atom. The summed E-state index contributed by atoms with van der Waals surface area (Å²) < 4.78 is 71.9. The lowest BCUT2D eigenvalue weighted by Gasteiger charge is -2.44. The third-order valence-corrected chi connectivity index (χ3v) is 8.88. The van der Waals surface area contributed by atoms with Crippen LogP contribution in [-0.2, 0) is 35.8 Å². The maximum absolute atomic E-state index is 14.7. The average molecular weight is 687 g/mol. The summed E-state index contributed by atoms with van der Waals surface area (Å²) in [5.41, 5.74) is -0.560. The molecule has 0 spiro atoms. The van der Waals surface area contributed by atoms with Crippen LogP contribution in [0.4, 0.5) is 13.2 Å². The molecule has 2 aromatic carbocycles. The Morgan fingerprint density at radius 2 is 1.63 bits per heavy atom. The molecule has 7 nitrogen and oxygen atoms in total. The van der Waals surface area contributed by atoms with Gasteiger partial charge in [-0.3, -0.25) is 0 Å². The summed E-state index contributed by atoms with van der Waals surface area (Å²) >= 11 is 0. The number of hydrogen-bond acceptors (Lipinski definition) is 7. The van der Waals surface area contributed by atoms with Gasteiger partial charge in [-0.25, -0.2) is 9.59 Å². The first-order valence-electron chi connectivity index (χ1n) is 16.4. The lowest BCUT2D eigenvalue weighted by atomic mass is 9.84. The normalized spacial score (nSPS) is 19.2. The van der Waals surface area contributed by atoms with Gasteiger partial charge in [-0.1, -0.05) is 59.7 Å². The van der Waals surface area contributed by atoms with E-state index in [9.17, 15) is 22.8 Å². The number of carbonyl (C=O) groups is 2. The number of methoxy groups -OCH3 is 3. The fourth-order valence-corrected chi connectivity index (χ4v) is 6.03. The van der Waals surface area contributed by atoms with E-state index in [1.54, 1.807) is 19.1 Å². The van der Waals surface area contributed by atoms with Gasteiger partial charge in [-0.2, -0.15) is 13.2 Å². The minimum absolute atomic E-state index is 0.110. The molecule has 0 fully saturated rings. The van der Waals surface area contributed by atoms with Gasteiger partial charge in [0.25, 0.3) is 5.60 Å². The highest BCUT2D eigenvalue weighted by molar-refractivity contribution is 5.88. The van der Waals surface area contributed by atoms with Gasteiger partial charge in [0.1, 0.15) is 23.2 Å². The monoisotopic (exact) mass is 686 g/mol. The van der Waals surface area contributed by atoms with Crippen LogP contribution in [-0.4, -0.2) is 51.1 Å². The van der Waals surface area contributed by atoms with Crippen molar-refractivity contribution in [3.63, 3.8) is 0 Å². The number of rotatable bonds is 15. The van der Waals surface area contributed by atoms with Crippen molar-refractivity contribution in [1.82, 2.24) is 0 Å². The first kappa shape index (κ1) is 39.4. The SMILES string of the molecule is COC(=O)/C(=C/CC/C(C)=C/CC[C@]1(C)Oc2c(C)cc(OC)cc2C[C@@H]1OC(=O)[C@@](OC)(c1ccccc1)C(F)(F)F)CCC=C(C)C. The number of aryl methyl sites for hydroxylation is 1. The summed E-state index contributed by atoms with van der Waals surface area (Å²) in [7, 11) is 3.74. The van der Waals surface area contributed by atoms with Crippen LogP contribution in [0, 0.1) is 6.92 Å². The Morgan fingerprint density at radius 1 is 0.959 bits per heavy atom. The lowest BCUT2D eigenvalue weighted by Crippen LogP contribution is -2.57. The zero-order chi connectivity index (χ0) is 36.4. The molecule has 0 bridgehead atoms. The molecule has 0 radical (unpaired) electrons. The zero-order valence-electron chi connectivity index (χ0n) is 29.8. The number of hydrogen-bond donors (Lipinski definition) is 0. The highest BCUT2D eigenvalue weighted by atomic mass is 19.4. The number of carbonyl (C=O) groups excluding carboxylic acids is 2. The Hall–Kier alpha value is -4.05. The van der Waals surface area contributed by atoms with E-state index >= 15 is 0 Å². The Labute approximate surface area is 288 Å². The molecule has 1 aliphatic rings. The second kappa shape index (κ2) is 17.1. The predicted octanol–water partition coefficient (Wildman–Crippen LogP) is 9.07. The van der Waals surface area contributed by atoms with Gasteiger partial charge in [0.2, 0.25) is 0 Å². The molecular formula is C39H49F3O7. The molecule has 0 aromatic heterocycles. The molecule has 0 unspecified atom stereocenters. The molecule has 0 saturated heterocycles. The average Bonchev–Trinajstić information content (AvgIpc) is 3.04. The molecule has 3 atom stereocenters. The first-order valence-corrected chi connectivity index (χ1v) is 16.4. The molecular weight excluding hydrogens is 637 g/mol. The fourth-order valence-electron chi connectivity index (χ4n) is 6.03. The number of alkyl halides is 3. The van der Waals surface area contributed by atoms with E-state index in [2.05, 4.69) is 6.08 Å². The second-order valence-corrected chi connectivity index (χ2v) is 12.9. The molecule has 1 aliphatic heterocycles. The molecule has 0 amide bonds. The molecule has 268 valence electrons. The van der Waals surface area contributed by atoms with Gasteiger partial charge >= 0.3 is 18.1 Å². The van der Waals surface area contributed by atoms with E-state index in [4.69, 9.17) is 23.7 Å². The minimum atomic E-state index is -5.11. The quantitative estimate of drug-likeness (QED) is 0.105. The van der Waals surface area contributed by atoms with Crippen LogP contribution >= 0.6 is 0 Å². The Kier molecular flexibility index (Phi) is 13.7. The highest BCUT2D eigenvalue weighted by Crippen LogP contribution is 2.46. The van der Waals surface area contributed by atoms with Crippen LogP contribution < -0.4 is 9.47 Å². The topological polar surface area (TPSA) is 80.3 Å². The highest BCUT2D eigenvalue weighted by Gasteiger charge is 2.65. The van der Waals surface area contributed by atoms with Crippen LogP contribution in [0.5, 0.6) is 11.5 Å². The van der Waals surface area contributed by atoms with Crippen LogP contribution in [0.15, 0.2) is 77.4 Å². The number of fused-ring (bicyclic) bond motifs is 1. The largest absolute Gasteiger partial charge is 0.497 e. The zero-order valence-corrected chi connectivity index (χ0v) is 29.8. The van der Waals surface area contributed by atoms with Crippen molar-refractivity contribution < 1.29 is 46.4 Å². The third-order valence-electron chi connectivity index (χ3n) is 8.88. The molecule has 1 heterocycles. The lowest BCUT2D eigenvalue weighted by molar-refractivity contribution is -0.281. The Balaban J connectivity index is 1.87. The summed E-state index contributed by atoms with van der Waals surface area (Å²) in [5.74, 6) is -0.766. The van der Waals surface area contributed by atoms with Gasteiger partial charge in [-0.05, 0) is 90.8 Å². The van der Waals surface area contributed by atoms with Gasteiger partial charge in [0.05, 0.1) is 14.2 Å². The number of ether oxygens (including phenoxy) is 5. The van der Waals surface area contributed by atoms with Crippen molar-refractivity contribution in [3.05, 3.63) is 94.1 Å². The van der Waals surface area contributed by atoms with Crippen LogP contribution in [0.2, 0.25) is 0 Å². The molecule has 0 aliphatic carbocycles. The van der Waals surface area contributed by atoms with Gasteiger partial charge in [-0.15, -0.1) is 0 Å². The van der Waals surface area contributed by atoms with Gasteiger partial charge in [0, 0.05) is 30.2 Å². The van der Waals surface area contributed by atoms with E-state index in [0.29, 0.717) is 54.7 Å². The minimum Gasteiger partial charge on any atom is -0.497 e. The third kappa shape index (κ3) is 9.56. The van der Waals surface area contributed by atoms with Crippen LogP contribution in [0.25, 0.3) is 0 Å². The number of halogens is 3. The summed E-state index contributed by atoms with van der Waals surface area (Å²) in [6, 6.07) is 10.3. The maximum atomic E-state index is 14.7. The fraction of sp³-hybridized carbons (Fsp3) is 0.487. The molecule has 0 saturated carbocycles. The smallest absolute Gasteiger partial charge is 0.432 e. The summed E-state index contributed by atoms with van der Waals surface area (Å²) in [5, 5.41) is 0. The number of allylic oxidation sites excluding steroid dienone is 5. The number of esters is 2. The van der Waals surface area contributed by atoms with E-state index < -0.39 is 29.5 Å². The summed E-state index contributed by atoms with van der Waals surface area (Å²) in [6.07, 6.45) is 3.46. The predicted molar refractivity (Wildman–Crippen MR) is 183 cm³/mol. The maximum Gasteiger partial charge on any atom is 0.432 e. The van der Waals surface area contributed by atoms with E-state index in [-0.39, 0.29) is 18.0 Å². The first-order chi connectivity index (χ1) is 23.1. The Bertz CT molecular complexity index is 1540. The van der Waals surface area contributed by atoms with Gasteiger partial charge in [0.15, 0.2) is 0 Å². The molecule has 3 rings (SSSR count). The van der Waals surface area contributed by atoms with Crippen LogP contribution in [0.1, 0.15) is 82.9 Å². The van der Waals surface area contributed by atoms with E-state index in [0.717, 1.165) is 24.7 Å². The number of benzene rings is 2. The van der Waals surface area contributed by atoms with Gasteiger partial charge < -0.3 is 23.7 Å². The molecule has 49 heavy (non-hydrogen) atoms. The molecule has 0 N–H and O–H groups in total. The molecule has 10 heteroatoms. The van der Waals surface area contributed by atoms with Crippen molar-refractivity contribution in [3.8, 4) is 11.5 Å². The van der Waals surface area contributed by atoms with E-state index in [1.165, 1.54) is 44.1 Å². The van der Waals surface area contributed by atoms with Crippen molar-refractivity contribution in [2.24, 2.45) is 0 Å². The summed E-state index contributed by atoms with van der Waals surface area (Å²) in [4.78, 5) is 26.0. The van der Waals surface area contributed by atoms with E-state index in [1.807, 2.05) is 45.9 Å².